The molecule has 0 N–H and O–H groups in total. The maximum Gasteiger partial charge on any atom is 0.231 e. The van der Waals surface area contributed by atoms with Gasteiger partial charge in [-0.2, -0.15) is 0 Å². The quantitative estimate of drug-likeness (QED) is 0.329. The Morgan fingerprint density at radius 3 is 2.44 bits per heavy atom. The van der Waals surface area contributed by atoms with Crippen molar-refractivity contribution in [1.82, 2.24) is 0 Å². The Hall–Kier alpha value is -4.77. The van der Waals surface area contributed by atoms with Gasteiger partial charge in [0.1, 0.15) is 25.1 Å². The smallest absolute Gasteiger partial charge is 0.231 e. The van der Waals surface area contributed by atoms with Gasteiger partial charge in [-0.1, -0.05) is 36.3 Å². The third kappa shape index (κ3) is 4.12. The van der Waals surface area contributed by atoms with Crippen molar-refractivity contribution in [2.24, 2.45) is 0 Å². The molecule has 2 heterocycles. The first-order valence-electron chi connectivity index (χ1n) is 11.0. The predicted molar refractivity (Wildman–Crippen MR) is 132 cm³/mol. The van der Waals surface area contributed by atoms with Gasteiger partial charge in [-0.25, -0.2) is 0 Å². The van der Waals surface area contributed by atoms with Crippen LogP contribution in [0.25, 0.3) is 22.1 Å². The molecular weight excluding hydrogens is 464 g/mol. The van der Waals surface area contributed by atoms with Gasteiger partial charge in [0.2, 0.25) is 23.7 Å². The van der Waals surface area contributed by atoms with Crippen LogP contribution >= 0.6 is 0 Å². The number of fused-ring (bicyclic) bond motifs is 2. The molecular formula is C28H22O8. The van der Waals surface area contributed by atoms with E-state index < -0.39 is 0 Å². The van der Waals surface area contributed by atoms with Gasteiger partial charge in [0.25, 0.3) is 0 Å². The van der Waals surface area contributed by atoms with Crippen molar-refractivity contribution in [3.05, 3.63) is 70.6 Å². The summed E-state index contributed by atoms with van der Waals surface area (Å²) in [5, 5.41) is 0.283. The summed E-state index contributed by atoms with van der Waals surface area (Å²) >= 11 is 0. The van der Waals surface area contributed by atoms with E-state index in [0.717, 1.165) is 5.56 Å². The number of hydrogen-bond donors (Lipinski definition) is 0. The highest BCUT2D eigenvalue weighted by Gasteiger charge is 2.29. The molecule has 0 radical (unpaired) electrons. The molecule has 0 saturated heterocycles. The van der Waals surface area contributed by atoms with Crippen LogP contribution in [0.2, 0.25) is 0 Å². The highest BCUT2D eigenvalue weighted by Crippen LogP contribution is 2.52. The van der Waals surface area contributed by atoms with Crippen LogP contribution in [0.5, 0.6) is 34.5 Å². The van der Waals surface area contributed by atoms with E-state index in [1.54, 1.807) is 18.2 Å². The monoisotopic (exact) mass is 486 g/mol. The summed E-state index contributed by atoms with van der Waals surface area (Å²) in [5.41, 5.74) is 1.67. The van der Waals surface area contributed by atoms with Gasteiger partial charge in [0, 0.05) is 11.6 Å². The lowest BCUT2D eigenvalue weighted by Gasteiger charge is -2.15. The van der Waals surface area contributed by atoms with E-state index >= 15 is 0 Å². The summed E-state index contributed by atoms with van der Waals surface area (Å²) < 4.78 is 39.6. The molecule has 8 nitrogen and oxygen atoms in total. The average Bonchev–Trinajstić information content (AvgIpc) is 3.41. The fourth-order valence-electron chi connectivity index (χ4n) is 3.97. The zero-order valence-corrected chi connectivity index (χ0v) is 19.7. The zero-order valence-electron chi connectivity index (χ0n) is 19.7. The Balaban J connectivity index is 1.61. The van der Waals surface area contributed by atoms with Gasteiger partial charge in [-0.15, -0.1) is 6.42 Å². The minimum Gasteiger partial charge on any atom is -0.493 e. The van der Waals surface area contributed by atoms with Crippen molar-refractivity contribution in [2.75, 3.05) is 27.6 Å². The van der Waals surface area contributed by atoms with Crippen LogP contribution in [0.3, 0.4) is 0 Å². The molecule has 0 bridgehead atoms. The molecule has 0 unspecified atom stereocenters. The molecule has 0 saturated carbocycles. The molecule has 0 atom stereocenters. The highest BCUT2D eigenvalue weighted by atomic mass is 16.7. The number of hydrogen-bond acceptors (Lipinski definition) is 8. The molecule has 8 heteroatoms. The molecule has 1 aromatic heterocycles. The van der Waals surface area contributed by atoms with E-state index in [-0.39, 0.29) is 29.8 Å². The van der Waals surface area contributed by atoms with Crippen molar-refractivity contribution < 1.29 is 32.8 Å². The van der Waals surface area contributed by atoms with Crippen LogP contribution in [0.15, 0.2) is 64.0 Å². The molecule has 1 aliphatic rings. The van der Waals surface area contributed by atoms with Crippen LogP contribution in [-0.2, 0) is 6.61 Å². The minimum atomic E-state index is -0.310. The normalized spacial score (nSPS) is 11.7. The summed E-state index contributed by atoms with van der Waals surface area (Å²) in [4.78, 5) is 13.6. The van der Waals surface area contributed by atoms with E-state index in [0.29, 0.717) is 52.3 Å². The van der Waals surface area contributed by atoms with Crippen LogP contribution < -0.4 is 33.8 Å². The number of ether oxygens (including phenoxy) is 6. The molecule has 0 spiro atoms. The lowest BCUT2D eigenvalue weighted by Crippen LogP contribution is -2.08. The van der Waals surface area contributed by atoms with Crippen molar-refractivity contribution >= 4 is 11.0 Å². The zero-order chi connectivity index (χ0) is 25.1. The number of terminal acetylenes is 1. The molecule has 0 amide bonds. The van der Waals surface area contributed by atoms with E-state index in [1.165, 1.54) is 20.5 Å². The fraction of sp³-hybridized carbons (Fsp3) is 0.179. The van der Waals surface area contributed by atoms with Gasteiger partial charge in [-0.05, 0) is 17.7 Å². The molecule has 182 valence electrons. The summed E-state index contributed by atoms with van der Waals surface area (Å²) in [6.45, 7) is 0.320. The van der Waals surface area contributed by atoms with Crippen LogP contribution in [0, 0.1) is 12.3 Å². The number of methoxy groups -OCH3 is 2. The number of benzene rings is 3. The molecule has 4 aromatic rings. The Labute approximate surface area is 206 Å². The molecule has 0 fully saturated rings. The summed E-state index contributed by atoms with van der Waals surface area (Å²) in [6.07, 6.45) is 6.76. The van der Waals surface area contributed by atoms with Crippen molar-refractivity contribution in [1.29, 1.82) is 0 Å². The van der Waals surface area contributed by atoms with E-state index in [2.05, 4.69) is 5.92 Å². The van der Waals surface area contributed by atoms with Crippen molar-refractivity contribution in [3.8, 4) is 58.0 Å². The summed E-state index contributed by atoms with van der Waals surface area (Å²) in [7, 11) is 2.99. The lowest BCUT2D eigenvalue weighted by atomic mass is 10.0. The average molecular weight is 486 g/mol. The fourth-order valence-corrected chi connectivity index (χ4v) is 3.97. The summed E-state index contributed by atoms with van der Waals surface area (Å²) in [5.74, 6) is 4.67. The highest BCUT2D eigenvalue weighted by molar-refractivity contribution is 5.87. The first-order valence-corrected chi connectivity index (χ1v) is 11.0. The third-order valence-electron chi connectivity index (χ3n) is 5.66. The Morgan fingerprint density at radius 1 is 0.917 bits per heavy atom. The molecule has 3 aromatic carbocycles. The maximum atomic E-state index is 13.6. The molecule has 5 rings (SSSR count). The van der Waals surface area contributed by atoms with E-state index in [4.69, 9.17) is 39.3 Å². The first kappa shape index (κ1) is 23.0. The minimum absolute atomic E-state index is 0.00537. The second-order valence-electron chi connectivity index (χ2n) is 7.77. The van der Waals surface area contributed by atoms with Gasteiger partial charge < -0.3 is 32.8 Å². The van der Waals surface area contributed by atoms with Crippen molar-refractivity contribution in [3.63, 3.8) is 0 Å². The second-order valence-corrected chi connectivity index (χ2v) is 7.77. The van der Waals surface area contributed by atoms with Gasteiger partial charge in [0.05, 0.1) is 25.2 Å². The van der Waals surface area contributed by atoms with Crippen LogP contribution in [-0.4, -0.2) is 27.6 Å². The topological polar surface area (TPSA) is 85.6 Å². The van der Waals surface area contributed by atoms with E-state index in [1.807, 2.05) is 30.3 Å². The Kier molecular flexibility index (Phi) is 6.29. The Bertz CT molecular complexity index is 1520. The standard InChI is InChI=1S/C28H22O8/c1-4-10-32-22-12-19-21(13-23(22)33-14-17-8-6-5-7-9-17)34-15-20(25(19)29)18-11-24(30-2)27-28(26(18)31-3)36-16-35-27/h1,5-9,11-13,15H,10,14,16H2,2-3H3. The van der Waals surface area contributed by atoms with Gasteiger partial charge in [-0.3, -0.25) is 4.79 Å². The van der Waals surface area contributed by atoms with Crippen LogP contribution in [0.1, 0.15) is 5.56 Å². The second kappa shape index (κ2) is 9.84. The van der Waals surface area contributed by atoms with Gasteiger partial charge >= 0.3 is 0 Å². The number of rotatable bonds is 8. The molecule has 36 heavy (non-hydrogen) atoms. The molecule has 1 aliphatic heterocycles. The van der Waals surface area contributed by atoms with Gasteiger partial charge in [0.15, 0.2) is 23.0 Å². The largest absolute Gasteiger partial charge is 0.493 e. The third-order valence-corrected chi connectivity index (χ3v) is 5.66. The van der Waals surface area contributed by atoms with Crippen molar-refractivity contribution in [2.45, 2.75) is 6.61 Å². The predicted octanol–water partition coefficient (Wildman–Crippen LogP) is 4.80. The molecule has 0 aliphatic carbocycles. The van der Waals surface area contributed by atoms with Crippen LogP contribution in [0.4, 0.5) is 0 Å². The first-order chi connectivity index (χ1) is 17.6. The maximum absolute atomic E-state index is 13.6. The SMILES string of the molecule is C#CCOc1cc2c(=O)c(-c3cc(OC)c4c(c3OC)OCO4)coc2cc1OCc1ccccc1. The Morgan fingerprint density at radius 2 is 1.69 bits per heavy atom. The van der Waals surface area contributed by atoms with E-state index in [9.17, 15) is 4.79 Å². The summed E-state index contributed by atoms with van der Waals surface area (Å²) in [6, 6.07) is 14.5. The lowest BCUT2D eigenvalue weighted by molar-refractivity contribution is 0.168.